The summed E-state index contributed by atoms with van der Waals surface area (Å²) in [5, 5.41) is 4.13. The van der Waals surface area contributed by atoms with Gasteiger partial charge in [-0.2, -0.15) is 0 Å². The molecule has 1 heterocycles. The van der Waals surface area contributed by atoms with Crippen LogP contribution in [0.5, 0.6) is 5.75 Å². The maximum absolute atomic E-state index is 13.2. The van der Waals surface area contributed by atoms with E-state index in [2.05, 4.69) is 10.3 Å². The molecule has 0 unspecified atom stereocenters. The molecule has 0 atom stereocenters. The second kappa shape index (κ2) is 7.99. The van der Waals surface area contributed by atoms with Gasteiger partial charge in [-0.3, -0.25) is 4.79 Å². The number of thiazole rings is 1. The summed E-state index contributed by atoms with van der Waals surface area (Å²) in [5.74, 6) is 0.0250. The van der Waals surface area contributed by atoms with Gasteiger partial charge < -0.3 is 10.1 Å². The zero-order valence-corrected chi connectivity index (χ0v) is 15.2. The van der Waals surface area contributed by atoms with E-state index >= 15 is 0 Å². The number of aromatic nitrogens is 1. The lowest BCUT2D eigenvalue weighted by atomic mass is 10.3. The fraction of sp³-hybridized carbons (Fsp3) is 0.176. The van der Waals surface area contributed by atoms with E-state index in [-0.39, 0.29) is 18.1 Å². The molecule has 1 amide bonds. The van der Waals surface area contributed by atoms with E-state index in [1.165, 1.54) is 23.5 Å². The van der Waals surface area contributed by atoms with Crippen LogP contribution in [-0.2, 0) is 4.79 Å². The molecule has 130 valence electrons. The fourth-order valence-electron chi connectivity index (χ4n) is 2.14. The Hall–Kier alpha value is -1.89. The largest absolute Gasteiger partial charge is 0.492 e. The summed E-state index contributed by atoms with van der Waals surface area (Å²) < 4.78 is 19.4. The Morgan fingerprint density at radius 1 is 1.24 bits per heavy atom. The van der Waals surface area contributed by atoms with E-state index < -0.39 is 0 Å². The molecule has 1 N–H and O–H groups in total. The highest BCUT2D eigenvalue weighted by atomic mass is 35.5. The Kier molecular flexibility index (Phi) is 5.73. The van der Waals surface area contributed by atoms with Crippen LogP contribution in [0.25, 0.3) is 10.2 Å². The summed E-state index contributed by atoms with van der Waals surface area (Å²) in [4.78, 5) is 16.2. The van der Waals surface area contributed by atoms with Crippen molar-refractivity contribution in [1.29, 1.82) is 0 Å². The van der Waals surface area contributed by atoms with E-state index in [9.17, 15) is 9.18 Å². The van der Waals surface area contributed by atoms with Gasteiger partial charge in [0.05, 0.1) is 21.8 Å². The van der Waals surface area contributed by atoms with Crippen molar-refractivity contribution in [1.82, 2.24) is 4.98 Å². The summed E-state index contributed by atoms with van der Waals surface area (Å²) >= 11 is 13.1. The van der Waals surface area contributed by atoms with E-state index in [0.29, 0.717) is 44.2 Å². The SMILES string of the molecule is O=C(CCCOc1ccc(Cl)cc1Cl)Nc1nc2ccc(F)cc2s1. The van der Waals surface area contributed by atoms with E-state index in [1.807, 2.05) is 0 Å². The summed E-state index contributed by atoms with van der Waals surface area (Å²) in [5.41, 5.74) is 0.655. The van der Waals surface area contributed by atoms with Gasteiger partial charge in [-0.15, -0.1) is 0 Å². The molecule has 3 aromatic rings. The molecule has 0 aliphatic heterocycles. The Balaban J connectivity index is 1.47. The minimum atomic E-state index is -0.327. The molecule has 25 heavy (non-hydrogen) atoms. The molecule has 4 nitrogen and oxygen atoms in total. The average Bonchev–Trinajstić information content (AvgIpc) is 2.94. The van der Waals surface area contributed by atoms with Crippen molar-refractivity contribution in [2.75, 3.05) is 11.9 Å². The number of ether oxygens (including phenoxy) is 1. The lowest BCUT2D eigenvalue weighted by Crippen LogP contribution is -2.12. The zero-order valence-electron chi connectivity index (χ0n) is 12.9. The van der Waals surface area contributed by atoms with Crippen LogP contribution in [0.15, 0.2) is 36.4 Å². The van der Waals surface area contributed by atoms with Gasteiger partial charge >= 0.3 is 0 Å². The maximum atomic E-state index is 13.2. The molecule has 0 saturated carbocycles. The van der Waals surface area contributed by atoms with Crippen LogP contribution in [0, 0.1) is 5.82 Å². The first-order valence-electron chi connectivity index (χ1n) is 7.45. The average molecular weight is 399 g/mol. The van der Waals surface area contributed by atoms with E-state index in [4.69, 9.17) is 27.9 Å². The topological polar surface area (TPSA) is 51.2 Å². The smallest absolute Gasteiger partial charge is 0.226 e. The molecule has 8 heteroatoms. The molecular weight excluding hydrogens is 386 g/mol. The number of halogens is 3. The van der Waals surface area contributed by atoms with Crippen molar-refractivity contribution in [3.63, 3.8) is 0 Å². The molecule has 0 aliphatic carbocycles. The van der Waals surface area contributed by atoms with Gasteiger partial charge in [0.1, 0.15) is 11.6 Å². The Bertz CT molecular complexity index is 917. The number of rotatable bonds is 6. The van der Waals surface area contributed by atoms with Gasteiger partial charge in [-0.1, -0.05) is 34.5 Å². The molecular formula is C17H13Cl2FN2O2S. The van der Waals surface area contributed by atoms with Crippen molar-refractivity contribution >= 4 is 55.8 Å². The van der Waals surface area contributed by atoms with Crippen molar-refractivity contribution in [3.05, 3.63) is 52.3 Å². The number of fused-ring (bicyclic) bond motifs is 1. The number of nitrogens with one attached hydrogen (secondary N) is 1. The molecule has 0 bridgehead atoms. The van der Waals surface area contributed by atoms with Crippen LogP contribution in [0.4, 0.5) is 9.52 Å². The fourth-order valence-corrected chi connectivity index (χ4v) is 3.51. The highest BCUT2D eigenvalue weighted by molar-refractivity contribution is 7.22. The first kappa shape index (κ1) is 17.9. The monoisotopic (exact) mass is 398 g/mol. The van der Waals surface area contributed by atoms with Crippen LogP contribution in [-0.4, -0.2) is 17.5 Å². The number of benzene rings is 2. The molecule has 0 aliphatic rings. The summed E-state index contributed by atoms with van der Waals surface area (Å²) in [7, 11) is 0. The number of amides is 1. The molecule has 2 aromatic carbocycles. The lowest BCUT2D eigenvalue weighted by molar-refractivity contribution is -0.116. The van der Waals surface area contributed by atoms with Gasteiger partial charge in [0.25, 0.3) is 0 Å². The summed E-state index contributed by atoms with van der Waals surface area (Å²) in [6, 6.07) is 9.29. The molecule has 0 spiro atoms. The minimum absolute atomic E-state index is 0.176. The second-order valence-electron chi connectivity index (χ2n) is 5.21. The highest BCUT2D eigenvalue weighted by Gasteiger charge is 2.09. The Morgan fingerprint density at radius 3 is 2.88 bits per heavy atom. The van der Waals surface area contributed by atoms with Crippen LogP contribution in [0.1, 0.15) is 12.8 Å². The van der Waals surface area contributed by atoms with Crippen molar-refractivity contribution < 1.29 is 13.9 Å². The van der Waals surface area contributed by atoms with Gasteiger partial charge in [-0.25, -0.2) is 9.37 Å². The van der Waals surface area contributed by atoms with Crippen molar-refractivity contribution in [2.24, 2.45) is 0 Å². The van der Waals surface area contributed by atoms with Crippen molar-refractivity contribution in [2.45, 2.75) is 12.8 Å². The zero-order chi connectivity index (χ0) is 17.8. The quantitative estimate of drug-likeness (QED) is 0.554. The predicted octanol–water partition coefficient (Wildman–Crippen LogP) is 5.54. The summed E-state index contributed by atoms with van der Waals surface area (Å²) in [6.45, 7) is 0.347. The second-order valence-corrected chi connectivity index (χ2v) is 7.08. The number of carbonyl (C=O) groups is 1. The van der Waals surface area contributed by atoms with Crippen LogP contribution in [0.3, 0.4) is 0 Å². The maximum Gasteiger partial charge on any atom is 0.226 e. The van der Waals surface area contributed by atoms with Crippen molar-refractivity contribution in [3.8, 4) is 5.75 Å². The molecule has 0 saturated heterocycles. The summed E-state index contributed by atoms with van der Waals surface area (Å²) in [6.07, 6.45) is 0.791. The number of carbonyl (C=O) groups excluding carboxylic acids is 1. The Morgan fingerprint density at radius 2 is 2.08 bits per heavy atom. The molecule has 3 rings (SSSR count). The molecule has 1 aromatic heterocycles. The Labute approximate surface area is 157 Å². The number of nitrogens with zero attached hydrogens (tertiary/aromatic N) is 1. The normalized spacial score (nSPS) is 10.8. The van der Waals surface area contributed by atoms with Gasteiger partial charge in [0.15, 0.2) is 5.13 Å². The predicted molar refractivity (Wildman–Crippen MR) is 99.4 cm³/mol. The van der Waals surface area contributed by atoms with E-state index in [1.54, 1.807) is 24.3 Å². The van der Waals surface area contributed by atoms with Gasteiger partial charge in [0.2, 0.25) is 5.91 Å². The first-order chi connectivity index (χ1) is 12.0. The standard InChI is InChI=1S/C17H13Cl2FN2O2S/c18-10-3-6-14(12(19)8-10)24-7-1-2-16(23)22-17-21-13-5-4-11(20)9-15(13)25-17/h3-6,8-9H,1-2,7H2,(H,21,22,23). The third kappa shape index (κ3) is 4.81. The highest BCUT2D eigenvalue weighted by Crippen LogP contribution is 2.28. The van der Waals surface area contributed by atoms with Crippen LogP contribution < -0.4 is 10.1 Å². The number of hydrogen-bond donors (Lipinski definition) is 1. The minimum Gasteiger partial charge on any atom is -0.492 e. The van der Waals surface area contributed by atoms with Gasteiger partial charge in [-0.05, 0) is 42.8 Å². The first-order valence-corrected chi connectivity index (χ1v) is 9.02. The van der Waals surface area contributed by atoms with Crippen LogP contribution in [0.2, 0.25) is 10.0 Å². The van der Waals surface area contributed by atoms with Gasteiger partial charge in [0, 0.05) is 11.4 Å². The third-order valence-corrected chi connectivity index (χ3v) is 4.76. The number of anilines is 1. The lowest BCUT2D eigenvalue weighted by Gasteiger charge is -2.08. The van der Waals surface area contributed by atoms with Crippen LogP contribution >= 0.6 is 34.5 Å². The molecule has 0 fully saturated rings. The number of hydrogen-bond acceptors (Lipinski definition) is 4. The third-order valence-electron chi connectivity index (χ3n) is 3.30. The molecule has 0 radical (unpaired) electrons. The van der Waals surface area contributed by atoms with E-state index in [0.717, 1.165) is 0 Å².